The average molecular weight is 226 g/mol. The lowest BCUT2D eigenvalue weighted by atomic mass is 10.0. The Hall–Kier alpha value is -2.09. The Morgan fingerprint density at radius 3 is 2.35 bits per heavy atom. The van der Waals surface area contributed by atoms with Crippen LogP contribution in [0, 0.1) is 0 Å². The predicted octanol–water partition coefficient (Wildman–Crippen LogP) is 3.61. The Kier molecular flexibility index (Phi) is 3.24. The maximum absolute atomic E-state index is 10.9. The number of benzene rings is 2. The topological polar surface area (TPSA) is 37.3 Å². The summed E-state index contributed by atoms with van der Waals surface area (Å²) in [5, 5.41) is 8.96. The van der Waals surface area contributed by atoms with Crippen molar-refractivity contribution in [2.24, 2.45) is 0 Å². The highest BCUT2D eigenvalue weighted by Crippen LogP contribution is 2.21. The summed E-state index contributed by atoms with van der Waals surface area (Å²) in [6.45, 7) is 2.10. The number of carboxylic acids is 1. The second-order valence-corrected chi connectivity index (χ2v) is 3.94. The van der Waals surface area contributed by atoms with E-state index in [2.05, 4.69) is 19.1 Å². The van der Waals surface area contributed by atoms with Crippen molar-refractivity contribution in [1.82, 2.24) is 0 Å². The molecule has 2 aromatic carbocycles. The first kappa shape index (κ1) is 11.4. The number of aryl methyl sites for hydroxylation is 1. The normalized spacial score (nSPS) is 10.2. The van der Waals surface area contributed by atoms with E-state index in [9.17, 15) is 4.79 Å². The van der Waals surface area contributed by atoms with Crippen LogP contribution >= 0.6 is 0 Å². The second kappa shape index (κ2) is 4.83. The van der Waals surface area contributed by atoms with Crippen molar-refractivity contribution >= 4 is 5.97 Å². The van der Waals surface area contributed by atoms with Crippen molar-refractivity contribution in [3.8, 4) is 11.1 Å². The molecule has 0 aromatic heterocycles. The van der Waals surface area contributed by atoms with Crippen molar-refractivity contribution < 1.29 is 9.90 Å². The molecule has 0 amide bonds. The van der Waals surface area contributed by atoms with Gasteiger partial charge >= 0.3 is 5.97 Å². The van der Waals surface area contributed by atoms with Gasteiger partial charge in [-0.15, -0.1) is 0 Å². The summed E-state index contributed by atoms with van der Waals surface area (Å²) in [5.74, 6) is -0.890. The fourth-order valence-corrected chi connectivity index (χ4v) is 1.80. The van der Waals surface area contributed by atoms with Gasteiger partial charge in [0.05, 0.1) is 5.56 Å². The van der Waals surface area contributed by atoms with Crippen LogP contribution in [0.2, 0.25) is 0 Å². The van der Waals surface area contributed by atoms with Gasteiger partial charge in [0, 0.05) is 0 Å². The first-order chi connectivity index (χ1) is 8.20. The number of rotatable bonds is 3. The van der Waals surface area contributed by atoms with Crippen LogP contribution < -0.4 is 0 Å². The summed E-state index contributed by atoms with van der Waals surface area (Å²) in [5.41, 5.74) is 3.58. The van der Waals surface area contributed by atoms with Crippen LogP contribution in [0.1, 0.15) is 22.8 Å². The van der Waals surface area contributed by atoms with Crippen LogP contribution in [-0.2, 0) is 6.42 Å². The van der Waals surface area contributed by atoms with Gasteiger partial charge in [-0.25, -0.2) is 4.79 Å². The SMILES string of the molecule is CCc1cccc(-c2cccc(C(=O)O)c2)c1. The Labute approximate surface area is 101 Å². The lowest BCUT2D eigenvalue weighted by Crippen LogP contribution is -1.95. The Morgan fingerprint density at radius 1 is 1.06 bits per heavy atom. The van der Waals surface area contributed by atoms with Crippen LogP contribution in [0.25, 0.3) is 11.1 Å². The van der Waals surface area contributed by atoms with Gasteiger partial charge in [0.25, 0.3) is 0 Å². The first-order valence-electron chi connectivity index (χ1n) is 5.63. The monoisotopic (exact) mass is 226 g/mol. The number of hydrogen-bond acceptors (Lipinski definition) is 1. The third-order valence-corrected chi connectivity index (χ3v) is 2.78. The van der Waals surface area contributed by atoms with Gasteiger partial charge < -0.3 is 5.11 Å². The smallest absolute Gasteiger partial charge is 0.335 e. The van der Waals surface area contributed by atoms with E-state index in [4.69, 9.17) is 5.11 Å². The molecule has 2 aromatic rings. The van der Waals surface area contributed by atoms with E-state index in [0.717, 1.165) is 17.5 Å². The van der Waals surface area contributed by atoms with Gasteiger partial charge in [-0.1, -0.05) is 43.3 Å². The third-order valence-electron chi connectivity index (χ3n) is 2.78. The molecule has 0 saturated heterocycles. The van der Waals surface area contributed by atoms with Gasteiger partial charge in [0.1, 0.15) is 0 Å². The molecule has 2 nitrogen and oxygen atoms in total. The van der Waals surface area contributed by atoms with Crippen LogP contribution in [-0.4, -0.2) is 11.1 Å². The van der Waals surface area contributed by atoms with E-state index < -0.39 is 5.97 Å². The zero-order chi connectivity index (χ0) is 12.3. The van der Waals surface area contributed by atoms with Crippen LogP contribution in [0.4, 0.5) is 0 Å². The van der Waals surface area contributed by atoms with Gasteiger partial charge in [-0.2, -0.15) is 0 Å². The summed E-state index contributed by atoms with van der Waals surface area (Å²) in [6.07, 6.45) is 0.979. The highest BCUT2D eigenvalue weighted by atomic mass is 16.4. The molecule has 86 valence electrons. The fraction of sp³-hybridized carbons (Fsp3) is 0.133. The summed E-state index contributed by atoms with van der Waals surface area (Å²) >= 11 is 0. The van der Waals surface area contributed by atoms with Crippen molar-refractivity contribution in [3.63, 3.8) is 0 Å². The Balaban J connectivity index is 2.45. The third kappa shape index (κ3) is 2.53. The van der Waals surface area contributed by atoms with Crippen LogP contribution in [0.15, 0.2) is 48.5 Å². The van der Waals surface area contributed by atoms with E-state index in [1.807, 2.05) is 18.2 Å². The molecule has 0 fully saturated rings. The fourth-order valence-electron chi connectivity index (χ4n) is 1.80. The molecule has 0 saturated carbocycles. The quantitative estimate of drug-likeness (QED) is 0.868. The first-order valence-corrected chi connectivity index (χ1v) is 5.63. The minimum atomic E-state index is -0.890. The number of carbonyl (C=O) groups is 1. The summed E-state index contributed by atoms with van der Waals surface area (Å²) < 4.78 is 0. The van der Waals surface area contributed by atoms with E-state index in [0.29, 0.717) is 5.56 Å². The lowest BCUT2D eigenvalue weighted by molar-refractivity contribution is 0.0697. The maximum Gasteiger partial charge on any atom is 0.335 e. The Bertz CT molecular complexity index is 544. The highest BCUT2D eigenvalue weighted by Gasteiger charge is 2.04. The van der Waals surface area contributed by atoms with Crippen LogP contribution in [0.3, 0.4) is 0 Å². The van der Waals surface area contributed by atoms with Crippen LogP contribution in [0.5, 0.6) is 0 Å². The number of hydrogen-bond donors (Lipinski definition) is 1. The summed E-state index contributed by atoms with van der Waals surface area (Å²) in [6, 6.07) is 15.2. The molecule has 0 bridgehead atoms. The molecular formula is C15H14O2. The number of aromatic carboxylic acids is 1. The van der Waals surface area contributed by atoms with Crippen molar-refractivity contribution in [2.75, 3.05) is 0 Å². The molecule has 0 aliphatic rings. The number of carboxylic acid groups (broad SMARTS) is 1. The molecule has 0 heterocycles. The van der Waals surface area contributed by atoms with Crippen molar-refractivity contribution in [1.29, 1.82) is 0 Å². The molecule has 0 aliphatic carbocycles. The van der Waals surface area contributed by atoms with E-state index in [1.54, 1.807) is 18.2 Å². The molecule has 0 radical (unpaired) electrons. The van der Waals surface area contributed by atoms with Crippen molar-refractivity contribution in [2.45, 2.75) is 13.3 Å². The van der Waals surface area contributed by atoms with Gasteiger partial charge in [0.15, 0.2) is 0 Å². The van der Waals surface area contributed by atoms with Gasteiger partial charge in [-0.05, 0) is 35.2 Å². The zero-order valence-electron chi connectivity index (χ0n) is 9.68. The van der Waals surface area contributed by atoms with E-state index >= 15 is 0 Å². The predicted molar refractivity (Wildman–Crippen MR) is 68.2 cm³/mol. The largest absolute Gasteiger partial charge is 0.478 e. The van der Waals surface area contributed by atoms with Gasteiger partial charge in [-0.3, -0.25) is 0 Å². The molecule has 17 heavy (non-hydrogen) atoms. The molecule has 2 rings (SSSR count). The molecule has 1 N–H and O–H groups in total. The molecule has 0 unspecified atom stereocenters. The molecule has 0 spiro atoms. The summed E-state index contributed by atoms with van der Waals surface area (Å²) in [4.78, 5) is 10.9. The molecule has 0 atom stereocenters. The highest BCUT2D eigenvalue weighted by molar-refractivity contribution is 5.89. The average Bonchev–Trinajstić information content (AvgIpc) is 2.39. The van der Waals surface area contributed by atoms with Gasteiger partial charge in [0.2, 0.25) is 0 Å². The van der Waals surface area contributed by atoms with E-state index in [-0.39, 0.29) is 0 Å². The standard InChI is InChI=1S/C15H14O2/c1-2-11-5-3-6-12(9-11)13-7-4-8-14(10-13)15(16)17/h3-10H,2H2,1H3,(H,16,17). The Morgan fingerprint density at radius 2 is 1.71 bits per heavy atom. The molecule has 2 heteroatoms. The summed E-state index contributed by atoms with van der Waals surface area (Å²) in [7, 11) is 0. The minimum absolute atomic E-state index is 0.324. The lowest BCUT2D eigenvalue weighted by Gasteiger charge is -2.05. The zero-order valence-corrected chi connectivity index (χ0v) is 9.68. The maximum atomic E-state index is 10.9. The van der Waals surface area contributed by atoms with E-state index in [1.165, 1.54) is 5.56 Å². The molecule has 0 aliphatic heterocycles. The second-order valence-electron chi connectivity index (χ2n) is 3.94. The minimum Gasteiger partial charge on any atom is -0.478 e. The molecular weight excluding hydrogens is 212 g/mol. The van der Waals surface area contributed by atoms with Crippen molar-refractivity contribution in [3.05, 3.63) is 59.7 Å².